The first-order valence-electron chi connectivity index (χ1n) is 9.46. The predicted octanol–water partition coefficient (Wildman–Crippen LogP) is 2.39. The third kappa shape index (κ3) is 4.13. The van der Waals surface area contributed by atoms with Crippen molar-refractivity contribution < 1.29 is 10.2 Å². The minimum Gasteiger partial charge on any atom is -0.384 e. The summed E-state index contributed by atoms with van der Waals surface area (Å²) in [6, 6.07) is 5.25. The Morgan fingerprint density at radius 2 is 1.83 bits per heavy atom. The van der Waals surface area contributed by atoms with Crippen LogP contribution in [0.5, 0.6) is 0 Å². The first kappa shape index (κ1) is 20.9. The van der Waals surface area contributed by atoms with Gasteiger partial charge in [-0.05, 0) is 39.0 Å². The van der Waals surface area contributed by atoms with E-state index in [-0.39, 0.29) is 17.3 Å². The first-order valence-corrected chi connectivity index (χ1v) is 9.46. The summed E-state index contributed by atoms with van der Waals surface area (Å²) in [5.74, 6) is 0.132. The second-order valence-electron chi connectivity index (χ2n) is 8.33. The van der Waals surface area contributed by atoms with Crippen molar-refractivity contribution in [1.82, 2.24) is 19.5 Å². The zero-order chi connectivity index (χ0) is 21.6. The van der Waals surface area contributed by atoms with Gasteiger partial charge in [0.25, 0.3) is 5.56 Å². The molecule has 0 aliphatic rings. The number of rotatable bonds is 5. The van der Waals surface area contributed by atoms with E-state index in [1.807, 2.05) is 13.8 Å². The highest BCUT2D eigenvalue weighted by Gasteiger charge is 2.27. The van der Waals surface area contributed by atoms with Gasteiger partial charge in [-0.3, -0.25) is 9.78 Å². The van der Waals surface area contributed by atoms with Gasteiger partial charge in [0.15, 0.2) is 0 Å². The second-order valence-corrected chi connectivity index (χ2v) is 8.33. The van der Waals surface area contributed by atoms with E-state index in [2.05, 4.69) is 20.3 Å². The Labute approximate surface area is 169 Å². The normalized spacial score (nSPS) is 14.2. The number of hydrogen-bond acceptors (Lipinski definition) is 7. The summed E-state index contributed by atoms with van der Waals surface area (Å²) >= 11 is 0. The highest BCUT2D eigenvalue weighted by atomic mass is 16.3. The molecule has 0 saturated heterocycles. The molecule has 0 amide bonds. The van der Waals surface area contributed by atoms with Gasteiger partial charge in [-0.1, -0.05) is 13.8 Å². The minimum atomic E-state index is -1.28. The number of aryl methyl sites for hydroxylation is 1. The van der Waals surface area contributed by atoms with Crippen molar-refractivity contribution in [3.05, 3.63) is 46.8 Å². The first-order chi connectivity index (χ1) is 13.4. The number of fused-ring (bicyclic) bond motifs is 1. The van der Waals surface area contributed by atoms with Gasteiger partial charge < -0.3 is 20.1 Å². The second kappa shape index (κ2) is 7.20. The van der Waals surface area contributed by atoms with E-state index in [0.717, 1.165) is 0 Å². The maximum Gasteiger partial charge on any atom is 0.264 e. The Kier molecular flexibility index (Phi) is 5.19. The molecule has 3 aromatic rings. The van der Waals surface area contributed by atoms with E-state index in [1.54, 1.807) is 52.2 Å². The Balaban J connectivity index is 2.20. The SMILES string of the molecule is CC(C)[C@@](C)(O)Nc1nc(-c2ccc(C(C)(C)O)nc2)cc2ncn(C)c(=O)c12. The van der Waals surface area contributed by atoms with Crippen molar-refractivity contribution in [1.29, 1.82) is 0 Å². The molecule has 8 nitrogen and oxygen atoms in total. The maximum absolute atomic E-state index is 12.7. The molecule has 1 atom stereocenters. The summed E-state index contributed by atoms with van der Waals surface area (Å²) in [7, 11) is 1.62. The molecule has 8 heteroatoms. The van der Waals surface area contributed by atoms with Crippen LogP contribution in [0, 0.1) is 5.92 Å². The third-order valence-corrected chi connectivity index (χ3v) is 5.08. The van der Waals surface area contributed by atoms with E-state index < -0.39 is 11.3 Å². The molecule has 3 heterocycles. The molecular weight excluding hydrogens is 370 g/mol. The lowest BCUT2D eigenvalue weighted by Crippen LogP contribution is -2.40. The average molecular weight is 397 g/mol. The van der Waals surface area contributed by atoms with Gasteiger partial charge in [-0.15, -0.1) is 0 Å². The summed E-state index contributed by atoms with van der Waals surface area (Å²) < 4.78 is 1.37. The molecule has 0 radical (unpaired) electrons. The van der Waals surface area contributed by atoms with Crippen LogP contribution in [0.25, 0.3) is 22.2 Å². The number of anilines is 1. The fourth-order valence-corrected chi connectivity index (χ4v) is 2.75. The van der Waals surface area contributed by atoms with Gasteiger partial charge in [0.2, 0.25) is 0 Å². The number of aliphatic hydroxyl groups is 2. The molecule has 0 bridgehead atoms. The molecular formula is C21H27N5O3. The van der Waals surface area contributed by atoms with Gasteiger partial charge in [-0.2, -0.15) is 0 Å². The zero-order valence-corrected chi connectivity index (χ0v) is 17.6. The van der Waals surface area contributed by atoms with E-state index in [4.69, 9.17) is 0 Å². The molecule has 3 rings (SSSR count). The van der Waals surface area contributed by atoms with Crippen LogP contribution in [0.15, 0.2) is 35.5 Å². The lowest BCUT2D eigenvalue weighted by molar-refractivity contribution is 0.0419. The van der Waals surface area contributed by atoms with E-state index in [1.165, 1.54) is 10.9 Å². The van der Waals surface area contributed by atoms with Crippen LogP contribution in [-0.2, 0) is 12.6 Å². The third-order valence-electron chi connectivity index (χ3n) is 5.08. The minimum absolute atomic E-state index is 0.128. The Bertz CT molecular complexity index is 1100. The highest BCUT2D eigenvalue weighted by molar-refractivity contribution is 5.91. The average Bonchev–Trinajstić information content (AvgIpc) is 2.63. The lowest BCUT2D eigenvalue weighted by atomic mass is 10.0. The molecule has 0 aliphatic heterocycles. The van der Waals surface area contributed by atoms with Crippen molar-refractivity contribution in [2.45, 2.75) is 45.9 Å². The molecule has 0 fully saturated rings. The van der Waals surface area contributed by atoms with Crippen molar-refractivity contribution in [2.24, 2.45) is 13.0 Å². The number of aromatic nitrogens is 4. The Hall–Kier alpha value is -2.84. The number of nitrogens with zero attached hydrogens (tertiary/aromatic N) is 4. The van der Waals surface area contributed by atoms with Crippen LogP contribution in [0.1, 0.15) is 40.3 Å². The molecule has 3 aromatic heterocycles. The summed E-state index contributed by atoms with van der Waals surface area (Å²) in [6.07, 6.45) is 3.07. The van der Waals surface area contributed by atoms with Crippen molar-refractivity contribution in [3.63, 3.8) is 0 Å². The van der Waals surface area contributed by atoms with Crippen LogP contribution in [-0.4, -0.2) is 35.5 Å². The summed E-state index contributed by atoms with van der Waals surface area (Å²) in [5, 5.41) is 24.2. The zero-order valence-electron chi connectivity index (χ0n) is 17.6. The quantitative estimate of drug-likeness (QED) is 0.567. The van der Waals surface area contributed by atoms with E-state index in [0.29, 0.717) is 27.9 Å². The van der Waals surface area contributed by atoms with Crippen LogP contribution in [0.3, 0.4) is 0 Å². The van der Waals surface area contributed by atoms with Crippen molar-refractivity contribution in [3.8, 4) is 11.3 Å². The maximum atomic E-state index is 12.7. The van der Waals surface area contributed by atoms with Crippen LogP contribution in [0.2, 0.25) is 0 Å². The summed E-state index contributed by atoms with van der Waals surface area (Å²) in [5.41, 5.74) is -0.327. The number of hydrogen-bond donors (Lipinski definition) is 3. The molecule has 29 heavy (non-hydrogen) atoms. The molecule has 0 aliphatic carbocycles. The molecule has 154 valence electrons. The molecule has 3 N–H and O–H groups in total. The Morgan fingerprint density at radius 1 is 1.14 bits per heavy atom. The van der Waals surface area contributed by atoms with E-state index >= 15 is 0 Å². The van der Waals surface area contributed by atoms with Gasteiger partial charge in [0.05, 0.1) is 23.2 Å². The smallest absolute Gasteiger partial charge is 0.264 e. The largest absolute Gasteiger partial charge is 0.384 e. The van der Waals surface area contributed by atoms with Crippen molar-refractivity contribution in [2.75, 3.05) is 5.32 Å². The summed E-state index contributed by atoms with van der Waals surface area (Å²) in [4.78, 5) is 26.0. The predicted molar refractivity (Wildman–Crippen MR) is 112 cm³/mol. The van der Waals surface area contributed by atoms with Gasteiger partial charge in [0.1, 0.15) is 22.5 Å². The van der Waals surface area contributed by atoms with Gasteiger partial charge >= 0.3 is 0 Å². The summed E-state index contributed by atoms with van der Waals surface area (Å²) in [6.45, 7) is 8.71. The van der Waals surface area contributed by atoms with Crippen LogP contribution < -0.4 is 10.9 Å². The fourth-order valence-electron chi connectivity index (χ4n) is 2.75. The molecule has 0 aromatic carbocycles. The Morgan fingerprint density at radius 3 is 2.38 bits per heavy atom. The van der Waals surface area contributed by atoms with Crippen LogP contribution >= 0.6 is 0 Å². The molecule has 0 saturated carbocycles. The van der Waals surface area contributed by atoms with Gasteiger partial charge in [-0.25, -0.2) is 9.97 Å². The lowest BCUT2D eigenvalue weighted by Gasteiger charge is -2.30. The van der Waals surface area contributed by atoms with E-state index in [9.17, 15) is 15.0 Å². The standard InChI is InChI=1S/C21H27N5O3/c1-12(2)21(5,29)25-18-17-15(23-11-26(6)19(17)27)9-14(24-18)13-7-8-16(22-10-13)20(3,4)28/h7-12,28-29H,1-6H3,(H,24,25)/t21-/m1/s1. The molecule has 0 unspecified atom stereocenters. The van der Waals surface area contributed by atoms with Crippen LogP contribution in [0.4, 0.5) is 5.82 Å². The molecule has 0 spiro atoms. The topological polar surface area (TPSA) is 113 Å². The van der Waals surface area contributed by atoms with Gasteiger partial charge in [0, 0.05) is 24.7 Å². The number of pyridine rings is 2. The highest BCUT2D eigenvalue weighted by Crippen LogP contribution is 2.28. The number of nitrogens with one attached hydrogen (secondary N) is 1. The fraction of sp³-hybridized carbons (Fsp3) is 0.429. The van der Waals surface area contributed by atoms with Crippen molar-refractivity contribution >= 4 is 16.7 Å². The monoisotopic (exact) mass is 397 g/mol.